The Balaban J connectivity index is 2.26. The first kappa shape index (κ1) is 15.7. The molecule has 1 fully saturated rings. The zero-order valence-electron chi connectivity index (χ0n) is 10.7. The Bertz CT molecular complexity index is 715. The summed E-state index contributed by atoms with van der Waals surface area (Å²) in [7, 11) is -3.90. The van der Waals surface area contributed by atoms with Gasteiger partial charge in [-0.2, -0.15) is 5.26 Å². The Morgan fingerprint density at radius 3 is 2.81 bits per heavy atom. The lowest BCUT2D eigenvalue weighted by Crippen LogP contribution is -2.36. The Morgan fingerprint density at radius 2 is 2.24 bits per heavy atom. The van der Waals surface area contributed by atoms with Gasteiger partial charge in [-0.25, -0.2) is 13.1 Å². The first-order valence-electron chi connectivity index (χ1n) is 5.94. The number of nitro groups is 1. The van der Waals surface area contributed by atoms with E-state index in [1.54, 1.807) is 0 Å². The molecule has 0 aromatic heterocycles. The number of likely N-dealkylation sites (tertiary alicyclic amines) is 1. The summed E-state index contributed by atoms with van der Waals surface area (Å²) in [6.07, 6.45) is 2.47. The van der Waals surface area contributed by atoms with E-state index in [0.29, 0.717) is 19.5 Å². The highest BCUT2D eigenvalue weighted by atomic mass is 79.9. The summed E-state index contributed by atoms with van der Waals surface area (Å²) in [4.78, 5) is 11.4. The van der Waals surface area contributed by atoms with Crippen molar-refractivity contribution in [1.29, 1.82) is 5.26 Å². The Morgan fingerprint density at radius 1 is 1.52 bits per heavy atom. The van der Waals surface area contributed by atoms with Crippen LogP contribution in [0.4, 0.5) is 5.69 Å². The van der Waals surface area contributed by atoms with Gasteiger partial charge in [0.25, 0.3) is 5.69 Å². The summed E-state index contributed by atoms with van der Waals surface area (Å²) >= 11 is 3.09. The molecule has 1 aromatic rings. The van der Waals surface area contributed by atoms with Crippen LogP contribution in [0.3, 0.4) is 0 Å². The average molecular weight is 375 g/mol. The molecule has 1 saturated heterocycles. The Kier molecular flexibility index (Phi) is 4.46. The van der Waals surface area contributed by atoms with Gasteiger partial charge >= 0.3 is 0 Å². The zero-order chi connectivity index (χ0) is 15.6. The fraction of sp³-hybridized carbons (Fsp3) is 0.364. The van der Waals surface area contributed by atoms with Crippen LogP contribution in [0, 0.1) is 21.6 Å². The van der Waals surface area contributed by atoms with Crippen molar-refractivity contribution in [3.05, 3.63) is 32.8 Å². The van der Waals surface area contributed by atoms with Crippen molar-refractivity contribution in [2.45, 2.75) is 17.4 Å². The second kappa shape index (κ2) is 5.97. The molecule has 0 spiro atoms. The number of nitriles is 1. The third-order valence-corrected chi connectivity index (χ3v) is 5.58. The van der Waals surface area contributed by atoms with Gasteiger partial charge in [0.2, 0.25) is 10.0 Å². The van der Waals surface area contributed by atoms with Gasteiger partial charge in [-0.05, 0) is 28.4 Å². The van der Waals surface area contributed by atoms with Crippen LogP contribution in [0.15, 0.2) is 27.6 Å². The second-order valence-corrected chi connectivity index (χ2v) is 7.06. The molecule has 1 aliphatic rings. The zero-order valence-corrected chi connectivity index (χ0v) is 13.1. The fourth-order valence-electron chi connectivity index (χ4n) is 2.04. The smallest absolute Gasteiger partial charge is 0.270 e. The van der Waals surface area contributed by atoms with Crippen LogP contribution in [-0.4, -0.2) is 37.4 Å². The molecule has 1 aliphatic heterocycles. The maximum Gasteiger partial charge on any atom is 0.270 e. The minimum atomic E-state index is -3.90. The maximum absolute atomic E-state index is 12.3. The van der Waals surface area contributed by atoms with Crippen LogP contribution in [0.2, 0.25) is 0 Å². The van der Waals surface area contributed by atoms with Crippen molar-refractivity contribution in [3.63, 3.8) is 0 Å². The van der Waals surface area contributed by atoms with Gasteiger partial charge in [-0.1, -0.05) is 0 Å². The summed E-state index contributed by atoms with van der Waals surface area (Å²) in [6, 6.07) is 3.16. The van der Waals surface area contributed by atoms with Gasteiger partial charge in [0, 0.05) is 35.7 Å². The van der Waals surface area contributed by atoms with Crippen molar-refractivity contribution in [2.24, 2.45) is 0 Å². The summed E-state index contributed by atoms with van der Waals surface area (Å²) in [5.41, 5.74) is -0.302. The van der Waals surface area contributed by atoms with E-state index in [1.165, 1.54) is 17.0 Å². The number of hydrogen-bond donors (Lipinski definition) is 1. The molecule has 0 unspecified atom stereocenters. The molecule has 0 bridgehead atoms. The molecule has 0 saturated carbocycles. The highest BCUT2D eigenvalue weighted by Gasteiger charge is 2.28. The summed E-state index contributed by atoms with van der Waals surface area (Å²) in [5, 5.41) is 19.5. The largest absolute Gasteiger partial charge is 0.309 e. The van der Waals surface area contributed by atoms with E-state index in [0.717, 1.165) is 6.07 Å². The van der Waals surface area contributed by atoms with Gasteiger partial charge in [-0.3, -0.25) is 10.1 Å². The maximum atomic E-state index is 12.3. The number of nitro benzene ring substituents is 1. The number of benzene rings is 1. The average Bonchev–Trinajstić information content (AvgIpc) is 2.85. The van der Waals surface area contributed by atoms with Crippen LogP contribution in [0.5, 0.6) is 0 Å². The molecule has 1 aromatic carbocycles. The van der Waals surface area contributed by atoms with Crippen LogP contribution in [0.25, 0.3) is 0 Å². The predicted octanol–water partition coefficient (Wildman–Crippen LogP) is 1.19. The Hall–Kier alpha value is -1.70. The Labute approximate surface area is 129 Å². The van der Waals surface area contributed by atoms with Gasteiger partial charge in [-0.15, -0.1) is 0 Å². The lowest BCUT2D eigenvalue weighted by molar-refractivity contribution is -0.385. The first-order valence-corrected chi connectivity index (χ1v) is 8.22. The molecular weight excluding hydrogens is 364 g/mol. The van der Waals surface area contributed by atoms with Crippen molar-refractivity contribution in [3.8, 4) is 6.19 Å². The molecule has 112 valence electrons. The lowest BCUT2D eigenvalue weighted by atomic mass is 10.3. The van der Waals surface area contributed by atoms with Crippen LogP contribution < -0.4 is 4.72 Å². The first-order chi connectivity index (χ1) is 9.83. The van der Waals surface area contributed by atoms with Gasteiger partial charge in [0.05, 0.1) is 4.92 Å². The van der Waals surface area contributed by atoms with E-state index >= 15 is 0 Å². The van der Waals surface area contributed by atoms with E-state index in [-0.39, 0.29) is 21.1 Å². The molecule has 0 aliphatic carbocycles. The van der Waals surface area contributed by atoms with Crippen molar-refractivity contribution < 1.29 is 13.3 Å². The molecule has 2 rings (SSSR count). The molecule has 10 heteroatoms. The van der Waals surface area contributed by atoms with Crippen molar-refractivity contribution >= 4 is 31.6 Å². The fourth-order valence-corrected chi connectivity index (χ4v) is 4.29. The standard InChI is InChI=1S/C11H11BrN4O4S/c12-10-2-1-9(16(17)18)5-11(10)21(19,20)14-8-3-4-15(6-8)7-13/h1-2,5,8,14H,3-4,6H2/t8-/m1/s1. The molecule has 1 atom stereocenters. The van der Waals surface area contributed by atoms with Crippen LogP contribution in [0.1, 0.15) is 6.42 Å². The quantitative estimate of drug-likeness (QED) is 0.480. The molecule has 0 amide bonds. The van der Waals surface area contributed by atoms with Crippen LogP contribution in [-0.2, 0) is 10.0 Å². The number of non-ortho nitro benzene ring substituents is 1. The molecular formula is C11H11BrN4O4S. The summed E-state index contributed by atoms with van der Waals surface area (Å²) < 4.78 is 27.3. The van der Waals surface area contributed by atoms with Crippen molar-refractivity contribution in [1.82, 2.24) is 9.62 Å². The van der Waals surface area contributed by atoms with E-state index in [1.807, 2.05) is 6.19 Å². The van der Waals surface area contributed by atoms with Gasteiger partial charge in [0.1, 0.15) is 4.90 Å². The van der Waals surface area contributed by atoms with E-state index in [9.17, 15) is 18.5 Å². The minimum Gasteiger partial charge on any atom is -0.309 e. The van der Waals surface area contributed by atoms with E-state index in [4.69, 9.17) is 5.26 Å². The van der Waals surface area contributed by atoms with Gasteiger partial charge < -0.3 is 4.90 Å². The molecule has 8 nitrogen and oxygen atoms in total. The highest BCUT2D eigenvalue weighted by Crippen LogP contribution is 2.27. The third-order valence-electron chi connectivity index (χ3n) is 3.07. The van der Waals surface area contributed by atoms with E-state index in [2.05, 4.69) is 20.7 Å². The number of nitrogens with zero attached hydrogens (tertiary/aromatic N) is 3. The molecule has 0 radical (unpaired) electrons. The topological polar surface area (TPSA) is 116 Å². The molecule has 1 heterocycles. The SMILES string of the molecule is N#CN1CC[C@@H](NS(=O)(=O)c2cc([N+](=O)[O-])ccc2Br)C1. The molecule has 1 N–H and O–H groups in total. The lowest BCUT2D eigenvalue weighted by Gasteiger charge is -2.13. The van der Waals surface area contributed by atoms with Crippen LogP contribution >= 0.6 is 15.9 Å². The van der Waals surface area contributed by atoms with Crippen molar-refractivity contribution in [2.75, 3.05) is 13.1 Å². The third kappa shape index (κ3) is 3.49. The number of halogens is 1. The summed E-state index contributed by atoms with van der Waals surface area (Å²) in [6.45, 7) is 0.780. The number of rotatable bonds is 4. The second-order valence-electron chi connectivity index (χ2n) is 4.52. The normalized spacial score (nSPS) is 18.5. The predicted molar refractivity (Wildman–Crippen MR) is 76.7 cm³/mol. The number of sulfonamides is 1. The summed E-state index contributed by atoms with van der Waals surface area (Å²) in [5.74, 6) is 0. The monoisotopic (exact) mass is 374 g/mol. The molecule has 21 heavy (non-hydrogen) atoms. The number of hydrogen-bond acceptors (Lipinski definition) is 6. The highest BCUT2D eigenvalue weighted by molar-refractivity contribution is 9.10. The minimum absolute atomic E-state index is 0.188. The van der Waals surface area contributed by atoms with E-state index < -0.39 is 14.9 Å². The number of nitrogens with one attached hydrogen (secondary N) is 1. The van der Waals surface area contributed by atoms with Gasteiger partial charge in [0.15, 0.2) is 6.19 Å².